The number of nitrogens with one attached hydrogen (secondary N) is 2. The van der Waals surface area contributed by atoms with Gasteiger partial charge >= 0.3 is 6.03 Å². The lowest BCUT2D eigenvalue weighted by Gasteiger charge is -2.34. The van der Waals surface area contributed by atoms with Crippen molar-refractivity contribution in [2.45, 2.75) is 39.0 Å². The van der Waals surface area contributed by atoms with Crippen LogP contribution in [0.4, 0.5) is 4.79 Å². The number of fused-ring (bicyclic) bond motifs is 1. The molecule has 0 saturated carbocycles. The highest BCUT2D eigenvalue weighted by atomic mass is 16.5. The monoisotopic (exact) mass is 438 g/mol. The van der Waals surface area contributed by atoms with Crippen LogP contribution in [-0.4, -0.2) is 69.6 Å². The van der Waals surface area contributed by atoms with E-state index >= 15 is 0 Å². The van der Waals surface area contributed by atoms with Crippen LogP contribution in [0.2, 0.25) is 0 Å². The quantitative estimate of drug-likeness (QED) is 0.552. The maximum absolute atomic E-state index is 12.7. The highest BCUT2D eigenvalue weighted by molar-refractivity contribution is 5.89. The van der Waals surface area contributed by atoms with Crippen molar-refractivity contribution >= 4 is 22.8 Å². The smallest absolute Gasteiger partial charge is 0.317 e. The number of benzene rings is 1. The molecule has 0 bridgehead atoms. The van der Waals surface area contributed by atoms with Crippen molar-refractivity contribution in [3.8, 4) is 0 Å². The second kappa shape index (κ2) is 9.84. The average Bonchev–Trinajstić information content (AvgIpc) is 3.44. The van der Waals surface area contributed by atoms with Gasteiger partial charge in [-0.3, -0.25) is 4.79 Å². The fourth-order valence-corrected chi connectivity index (χ4v) is 3.86. The summed E-state index contributed by atoms with van der Waals surface area (Å²) in [7, 11) is 0. The fourth-order valence-electron chi connectivity index (χ4n) is 3.86. The van der Waals surface area contributed by atoms with Gasteiger partial charge < -0.3 is 24.6 Å². The molecule has 9 heteroatoms. The number of aryl methyl sites for hydroxylation is 1. The standard InChI is InChI=1S/C23H30N6O3/c1-16(2)22-26-20(32-27-22)8-5-9-24-23(31)29-12-10-28(11-13-29)21(30)14-17-15-25-19-7-4-3-6-18(17)19/h3-4,6-7,15-16,25H,5,8-14H2,1-2H3,(H,24,31). The molecule has 32 heavy (non-hydrogen) atoms. The first-order chi connectivity index (χ1) is 15.5. The Balaban J connectivity index is 1.17. The number of carbonyl (C=O) groups excluding carboxylic acids is 2. The molecular formula is C23H30N6O3. The third-order valence-electron chi connectivity index (χ3n) is 5.78. The summed E-state index contributed by atoms with van der Waals surface area (Å²) in [6, 6.07) is 7.89. The Labute approximate surface area is 187 Å². The summed E-state index contributed by atoms with van der Waals surface area (Å²) < 4.78 is 5.22. The minimum atomic E-state index is -0.0953. The van der Waals surface area contributed by atoms with Crippen molar-refractivity contribution in [1.82, 2.24) is 30.2 Å². The Morgan fingerprint density at radius 2 is 1.91 bits per heavy atom. The molecule has 3 amide bonds. The van der Waals surface area contributed by atoms with Gasteiger partial charge in [0.25, 0.3) is 0 Å². The van der Waals surface area contributed by atoms with Gasteiger partial charge in [-0.2, -0.15) is 4.98 Å². The molecule has 0 unspecified atom stereocenters. The van der Waals surface area contributed by atoms with Crippen LogP contribution in [0.25, 0.3) is 10.9 Å². The molecule has 1 saturated heterocycles. The van der Waals surface area contributed by atoms with Gasteiger partial charge in [-0.05, 0) is 18.1 Å². The topological polar surface area (TPSA) is 107 Å². The van der Waals surface area contributed by atoms with E-state index in [2.05, 4.69) is 20.4 Å². The van der Waals surface area contributed by atoms with Crippen LogP contribution < -0.4 is 5.32 Å². The Kier molecular flexibility index (Phi) is 6.72. The van der Waals surface area contributed by atoms with Crippen molar-refractivity contribution in [2.24, 2.45) is 0 Å². The number of amides is 3. The van der Waals surface area contributed by atoms with Gasteiger partial charge in [-0.25, -0.2) is 4.79 Å². The van der Waals surface area contributed by atoms with E-state index in [9.17, 15) is 9.59 Å². The summed E-state index contributed by atoms with van der Waals surface area (Å²) in [5, 5.41) is 7.97. The normalized spacial score (nSPS) is 14.3. The van der Waals surface area contributed by atoms with E-state index in [1.54, 1.807) is 4.90 Å². The summed E-state index contributed by atoms with van der Waals surface area (Å²) in [6.45, 7) is 6.75. The van der Waals surface area contributed by atoms with E-state index in [4.69, 9.17) is 4.52 Å². The van der Waals surface area contributed by atoms with E-state index in [1.165, 1.54) is 0 Å². The van der Waals surface area contributed by atoms with Crippen molar-refractivity contribution in [2.75, 3.05) is 32.7 Å². The van der Waals surface area contributed by atoms with Crippen molar-refractivity contribution in [3.63, 3.8) is 0 Å². The highest BCUT2D eigenvalue weighted by Gasteiger charge is 2.24. The van der Waals surface area contributed by atoms with Gasteiger partial charge in [0.15, 0.2) is 5.82 Å². The lowest BCUT2D eigenvalue weighted by atomic mass is 10.1. The summed E-state index contributed by atoms with van der Waals surface area (Å²) in [5.41, 5.74) is 2.05. The predicted octanol–water partition coefficient (Wildman–Crippen LogP) is 2.70. The van der Waals surface area contributed by atoms with Gasteiger partial charge in [-0.1, -0.05) is 37.2 Å². The molecule has 4 rings (SSSR count). The maximum atomic E-state index is 12.7. The molecule has 0 radical (unpaired) electrons. The predicted molar refractivity (Wildman–Crippen MR) is 120 cm³/mol. The third-order valence-corrected chi connectivity index (χ3v) is 5.78. The third kappa shape index (κ3) is 5.09. The molecule has 2 N–H and O–H groups in total. The zero-order valence-corrected chi connectivity index (χ0v) is 18.6. The summed E-state index contributed by atoms with van der Waals surface area (Å²) in [4.78, 5) is 36.3. The van der Waals surface area contributed by atoms with Crippen LogP contribution in [0.5, 0.6) is 0 Å². The molecule has 3 aromatic rings. The fraction of sp³-hybridized carbons (Fsp3) is 0.478. The van der Waals surface area contributed by atoms with E-state index in [1.807, 2.05) is 49.2 Å². The molecular weight excluding hydrogens is 408 g/mol. The van der Waals surface area contributed by atoms with Crippen LogP contribution in [0.1, 0.15) is 43.5 Å². The van der Waals surface area contributed by atoms with E-state index in [0.717, 1.165) is 22.9 Å². The lowest BCUT2D eigenvalue weighted by molar-refractivity contribution is -0.131. The molecule has 9 nitrogen and oxygen atoms in total. The largest absolute Gasteiger partial charge is 0.361 e. The van der Waals surface area contributed by atoms with Crippen molar-refractivity contribution < 1.29 is 14.1 Å². The molecule has 1 aliphatic rings. The van der Waals surface area contributed by atoms with Crippen LogP contribution >= 0.6 is 0 Å². The number of piperazine rings is 1. The molecule has 0 aliphatic carbocycles. The summed E-state index contributed by atoms with van der Waals surface area (Å²) in [5.74, 6) is 1.64. The number of rotatable bonds is 7. The number of hydrogen-bond acceptors (Lipinski definition) is 5. The zero-order valence-electron chi connectivity index (χ0n) is 18.6. The maximum Gasteiger partial charge on any atom is 0.317 e. The van der Waals surface area contributed by atoms with Crippen LogP contribution in [0, 0.1) is 0 Å². The van der Waals surface area contributed by atoms with Crippen LogP contribution in [0.15, 0.2) is 35.0 Å². The second-order valence-corrected chi connectivity index (χ2v) is 8.44. The van der Waals surface area contributed by atoms with Crippen LogP contribution in [0.3, 0.4) is 0 Å². The Morgan fingerprint density at radius 3 is 2.66 bits per heavy atom. The van der Waals surface area contributed by atoms with Crippen LogP contribution in [-0.2, 0) is 17.6 Å². The first-order valence-corrected chi connectivity index (χ1v) is 11.2. The molecule has 0 spiro atoms. The molecule has 1 aromatic carbocycles. The van der Waals surface area contributed by atoms with E-state index < -0.39 is 0 Å². The second-order valence-electron chi connectivity index (χ2n) is 8.44. The SMILES string of the molecule is CC(C)c1noc(CCCNC(=O)N2CCN(C(=O)Cc3c[nH]c4ccccc34)CC2)n1. The first-order valence-electron chi connectivity index (χ1n) is 11.2. The molecule has 170 valence electrons. The molecule has 1 aliphatic heterocycles. The van der Waals surface area contributed by atoms with Crippen molar-refractivity contribution in [3.05, 3.63) is 47.7 Å². The van der Waals surface area contributed by atoms with Gasteiger partial charge in [0.2, 0.25) is 11.8 Å². The number of aromatic amines is 1. The summed E-state index contributed by atoms with van der Waals surface area (Å²) in [6.07, 6.45) is 3.64. The highest BCUT2D eigenvalue weighted by Crippen LogP contribution is 2.19. The summed E-state index contributed by atoms with van der Waals surface area (Å²) >= 11 is 0. The van der Waals surface area contributed by atoms with Gasteiger partial charge in [0.1, 0.15) is 0 Å². The molecule has 3 heterocycles. The molecule has 1 fully saturated rings. The average molecular weight is 439 g/mol. The van der Waals surface area contributed by atoms with E-state index in [0.29, 0.717) is 57.3 Å². The number of para-hydroxylation sites is 1. The number of nitrogens with zero attached hydrogens (tertiary/aromatic N) is 4. The minimum Gasteiger partial charge on any atom is -0.361 e. The Hall–Kier alpha value is -3.36. The van der Waals surface area contributed by atoms with Gasteiger partial charge in [0, 0.05) is 62.2 Å². The Bertz CT molecular complexity index is 1060. The number of H-pyrrole nitrogens is 1. The van der Waals surface area contributed by atoms with Crippen molar-refractivity contribution in [1.29, 1.82) is 0 Å². The lowest BCUT2D eigenvalue weighted by Crippen LogP contribution is -2.53. The molecule has 2 aromatic heterocycles. The number of hydrogen-bond donors (Lipinski definition) is 2. The number of aromatic nitrogens is 3. The van der Waals surface area contributed by atoms with E-state index in [-0.39, 0.29) is 17.9 Å². The van der Waals surface area contributed by atoms with Gasteiger partial charge in [0.05, 0.1) is 6.42 Å². The minimum absolute atomic E-state index is 0.0927. The molecule has 0 atom stereocenters. The Morgan fingerprint density at radius 1 is 1.16 bits per heavy atom. The number of urea groups is 1. The number of carbonyl (C=O) groups is 2. The van der Waals surface area contributed by atoms with Gasteiger partial charge in [-0.15, -0.1) is 0 Å². The first kappa shape index (κ1) is 21.9. The zero-order chi connectivity index (χ0) is 22.5.